The standard InChI is InChI=1S/C25H28N4O3S2/c1-3-15-29-24(21-14-16-34(31,32)18-21)26-27-25(29)33-17-22(30)28(2)23(19-10-6-4-7-11-19)20-12-8-5-9-13-20/h3-13,21,23H,1,14-18H2,2H3/t21-/m1/s1. The number of rotatable bonds is 9. The summed E-state index contributed by atoms with van der Waals surface area (Å²) in [5.41, 5.74) is 2.07. The second kappa shape index (κ2) is 10.6. The Balaban J connectivity index is 1.52. The Kier molecular flexibility index (Phi) is 7.53. The molecule has 1 aliphatic rings. The molecule has 4 rings (SSSR count). The van der Waals surface area contributed by atoms with E-state index < -0.39 is 9.84 Å². The fourth-order valence-corrected chi connectivity index (χ4v) is 6.91. The summed E-state index contributed by atoms with van der Waals surface area (Å²) in [7, 11) is -1.22. The van der Waals surface area contributed by atoms with Crippen LogP contribution in [0.15, 0.2) is 78.5 Å². The minimum atomic E-state index is -3.04. The summed E-state index contributed by atoms with van der Waals surface area (Å²) in [4.78, 5) is 15.0. The molecule has 1 amide bonds. The lowest BCUT2D eigenvalue weighted by molar-refractivity contribution is -0.128. The fraction of sp³-hybridized carbons (Fsp3) is 0.320. The quantitative estimate of drug-likeness (QED) is 0.332. The van der Waals surface area contributed by atoms with Gasteiger partial charge in [-0.05, 0) is 17.5 Å². The molecule has 1 saturated heterocycles. The SMILES string of the molecule is C=CCn1c(SCC(=O)N(C)C(c2ccccc2)c2ccccc2)nnc1[C@@H]1CCS(=O)(=O)C1. The summed E-state index contributed by atoms with van der Waals surface area (Å²) in [5.74, 6) is 0.877. The summed E-state index contributed by atoms with van der Waals surface area (Å²) in [6.07, 6.45) is 2.27. The number of benzene rings is 2. The number of hydrogen-bond acceptors (Lipinski definition) is 6. The van der Waals surface area contributed by atoms with Crippen molar-refractivity contribution in [3.05, 3.63) is 90.3 Å². The molecule has 9 heteroatoms. The first kappa shape index (κ1) is 24.2. The van der Waals surface area contributed by atoms with Crippen LogP contribution in [0.5, 0.6) is 0 Å². The van der Waals surface area contributed by atoms with Gasteiger partial charge in [-0.1, -0.05) is 78.5 Å². The van der Waals surface area contributed by atoms with E-state index >= 15 is 0 Å². The molecule has 3 aromatic rings. The van der Waals surface area contributed by atoms with Gasteiger partial charge in [0.25, 0.3) is 0 Å². The second-order valence-corrected chi connectivity index (χ2v) is 11.5. The zero-order valence-electron chi connectivity index (χ0n) is 19.1. The predicted molar refractivity (Wildman–Crippen MR) is 134 cm³/mol. The summed E-state index contributed by atoms with van der Waals surface area (Å²) >= 11 is 1.31. The average molecular weight is 497 g/mol. The van der Waals surface area contributed by atoms with Crippen molar-refractivity contribution < 1.29 is 13.2 Å². The highest BCUT2D eigenvalue weighted by atomic mass is 32.2. The molecule has 1 atom stereocenters. The van der Waals surface area contributed by atoms with Crippen LogP contribution in [0.4, 0.5) is 0 Å². The third kappa shape index (κ3) is 5.42. The highest BCUT2D eigenvalue weighted by Crippen LogP contribution is 2.31. The topological polar surface area (TPSA) is 85.2 Å². The summed E-state index contributed by atoms with van der Waals surface area (Å²) in [6.45, 7) is 4.27. The van der Waals surface area contributed by atoms with Crippen molar-refractivity contribution in [3.8, 4) is 0 Å². The van der Waals surface area contributed by atoms with Crippen molar-refractivity contribution in [2.45, 2.75) is 30.1 Å². The van der Waals surface area contributed by atoms with Crippen LogP contribution in [-0.2, 0) is 21.2 Å². The number of carbonyl (C=O) groups is 1. The van der Waals surface area contributed by atoms with E-state index in [1.807, 2.05) is 72.3 Å². The van der Waals surface area contributed by atoms with Gasteiger partial charge in [0.15, 0.2) is 15.0 Å². The number of aromatic nitrogens is 3. The van der Waals surface area contributed by atoms with Crippen LogP contribution in [0.25, 0.3) is 0 Å². The number of hydrogen-bond donors (Lipinski definition) is 0. The Hall–Kier alpha value is -2.91. The number of nitrogens with zero attached hydrogens (tertiary/aromatic N) is 4. The summed E-state index contributed by atoms with van der Waals surface area (Å²) < 4.78 is 25.8. The Morgan fingerprint density at radius 2 is 1.76 bits per heavy atom. The third-order valence-corrected chi connectivity index (χ3v) is 8.71. The van der Waals surface area contributed by atoms with Gasteiger partial charge in [-0.25, -0.2) is 8.42 Å². The first-order valence-electron chi connectivity index (χ1n) is 11.1. The lowest BCUT2D eigenvalue weighted by atomic mass is 9.97. The molecule has 0 unspecified atom stereocenters. The molecule has 0 bridgehead atoms. The molecule has 0 saturated carbocycles. The minimum absolute atomic E-state index is 0.0409. The van der Waals surface area contributed by atoms with Gasteiger partial charge in [0.05, 0.1) is 23.3 Å². The van der Waals surface area contributed by atoms with Crippen LogP contribution in [0, 0.1) is 0 Å². The fourth-order valence-electron chi connectivity index (χ4n) is 4.29. The Morgan fingerprint density at radius 3 is 2.29 bits per heavy atom. The second-order valence-electron chi connectivity index (χ2n) is 8.36. The number of sulfone groups is 1. The van der Waals surface area contributed by atoms with Crippen molar-refractivity contribution in [2.75, 3.05) is 24.3 Å². The molecular weight excluding hydrogens is 468 g/mol. The monoisotopic (exact) mass is 496 g/mol. The van der Waals surface area contributed by atoms with E-state index in [1.54, 1.807) is 11.0 Å². The smallest absolute Gasteiger partial charge is 0.233 e. The van der Waals surface area contributed by atoms with E-state index in [1.165, 1.54) is 11.8 Å². The van der Waals surface area contributed by atoms with E-state index in [0.29, 0.717) is 23.9 Å². The van der Waals surface area contributed by atoms with Crippen LogP contribution < -0.4 is 0 Å². The molecule has 0 aliphatic carbocycles. The maximum Gasteiger partial charge on any atom is 0.233 e. The highest BCUT2D eigenvalue weighted by molar-refractivity contribution is 7.99. The maximum atomic E-state index is 13.3. The first-order chi connectivity index (χ1) is 16.4. The molecule has 0 radical (unpaired) electrons. The van der Waals surface area contributed by atoms with Crippen molar-refractivity contribution >= 4 is 27.5 Å². The number of allylic oxidation sites excluding steroid dienone is 1. The number of amides is 1. The average Bonchev–Trinajstić information content (AvgIpc) is 3.41. The van der Waals surface area contributed by atoms with Crippen molar-refractivity contribution in [1.82, 2.24) is 19.7 Å². The van der Waals surface area contributed by atoms with Crippen molar-refractivity contribution in [3.63, 3.8) is 0 Å². The Bertz CT molecular complexity index is 1200. The lowest BCUT2D eigenvalue weighted by Crippen LogP contribution is -2.33. The van der Waals surface area contributed by atoms with Gasteiger partial charge in [-0.3, -0.25) is 4.79 Å². The van der Waals surface area contributed by atoms with Gasteiger partial charge in [0.1, 0.15) is 5.82 Å². The molecule has 0 spiro atoms. The third-order valence-electron chi connectivity index (χ3n) is 5.99. The van der Waals surface area contributed by atoms with Crippen LogP contribution in [0.3, 0.4) is 0 Å². The summed E-state index contributed by atoms with van der Waals surface area (Å²) in [6, 6.07) is 19.7. The molecule has 2 aromatic carbocycles. The zero-order chi connectivity index (χ0) is 24.1. The van der Waals surface area contributed by atoms with Gasteiger partial charge in [0, 0.05) is 19.5 Å². The van der Waals surface area contributed by atoms with Crippen molar-refractivity contribution in [1.29, 1.82) is 0 Å². The van der Waals surface area contributed by atoms with Crippen LogP contribution in [0.2, 0.25) is 0 Å². The largest absolute Gasteiger partial charge is 0.334 e. The zero-order valence-corrected chi connectivity index (χ0v) is 20.7. The van der Waals surface area contributed by atoms with E-state index in [0.717, 1.165) is 11.1 Å². The van der Waals surface area contributed by atoms with Crippen LogP contribution >= 0.6 is 11.8 Å². The molecule has 2 heterocycles. The number of carbonyl (C=O) groups excluding carboxylic acids is 1. The molecule has 7 nitrogen and oxygen atoms in total. The molecule has 1 fully saturated rings. The molecule has 0 N–H and O–H groups in total. The minimum Gasteiger partial charge on any atom is -0.334 e. The predicted octanol–water partition coefficient (Wildman–Crippen LogP) is 3.71. The van der Waals surface area contributed by atoms with Crippen LogP contribution in [0.1, 0.15) is 35.3 Å². The van der Waals surface area contributed by atoms with E-state index in [4.69, 9.17) is 0 Å². The van der Waals surface area contributed by atoms with E-state index in [9.17, 15) is 13.2 Å². The van der Waals surface area contributed by atoms with E-state index in [2.05, 4.69) is 16.8 Å². The van der Waals surface area contributed by atoms with Crippen LogP contribution in [-0.4, -0.2) is 58.3 Å². The Labute approximate surface area is 204 Å². The van der Waals surface area contributed by atoms with Gasteiger partial charge in [0.2, 0.25) is 5.91 Å². The van der Waals surface area contributed by atoms with Gasteiger partial charge < -0.3 is 9.47 Å². The highest BCUT2D eigenvalue weighted by Gasteiger charge is 2.33. The Morgan fingerprint density at radius 1 is 1.15 bits per heavy atom. The van der Waals surface area contributed by atoms with Gasteiger partial charge >= 0.3 is 0 Å². The first-order valence-corrected chi connectivity index (χ1v) is 13.9. The molecular formula is C25H28N4O3S2. The van der Waals surface area contributed by atoms with E-state index in [-0.39, 0.29) is 35.1 Å². The van der Waals surface area contributed by atoms with Gasteiger partial charge in [-0.2, -0.15) is 0 Å². The number of thioether (sulfide) groups is 1. The molecule has 1 aromatic heterocycles. The van der Waals surface area contributed by atoms with Crippen molar-refractivity contribution in [2.24, 2.45) is 0 Å². The molecule has 1 aliphatic heterocycles. The lowest BCUT2D eigenvalue weighted by Gasteiger charge is -2.29. The normalized spacial score (nSPS) is 17.1. The maximum absolute atomic E-state index is 13.3. The molecule has 178 valence electrons. The van der Waals surface area contributed by atoms with Gasteiger partial charge in [-0.15, -0.1) is 16.8 Å². The summed E-state index contributed by atoms with van der Waals surface area (Å²) in [5, 5.41) is 9.17. The molecule has 34 heavy (non-hydrogen) atoms.